The van der Waals surface area contributed by atoms with Crippen LogP contribution in [0.4, 0.5) is 5.69 Å². The Morgan fingerprint density at radius 3 is 2.16 bits per heavy atom. The van der Waals surface area contributed by atoms with Crippen LogP contribution < -0.4 is 10.6 Å². The highest BCUT2D eigenvalue weighted by atomic mass is 28.4. The number of esters is 1. The first-order valence-corrected chi connectivity index (χ1v) is 16.5. The van der Waals surface area contributed by atoms with E-state index in [9.17, 15) is 19.2 Å². The van der Waals surface area contributed by atoms with Gasteiger partial charge in [-0.25, -0.2) is 0 Å². The molecular weight excluding hydrogens is 500 g/mol. The lowest BCUT2D eigenvalue weighted by Crippen LogP contribution is -2.40. The molecule has 0 aliphatic carbocycles. The summed E-state index contributed by atoms with van der Waals surface area (Å²) in [4.78, 5) is 48.8. The number of carbonyl (C=O) groups is 4. The van der Waals surface area contributed by atoms with E-state index in [-0.39, 0.29) is 47.9 Å². The highest BCUT2D eigenvalue weighted by Crippen LogP contribution is 2.37. The average molecular weight is 549 g/mol. The van der Waals surface area contributed by atoms with Crippen molar-refractivity contribution >= 4 is 37.6 Å². The summed E-state index contributed by atoms with van der Waals surface area (Å²) in [5.74, 6) is -1.57. The molecule has 0 heterocycles. The highest BCUT2D eigenvalue weighted by Gasteiger charge is 2.37. The molecule has 2 atom stereocenters. The number of Topliss-reactive ketones (excluding diaryl/α,β-unsaturated/α-hetero) is 1. The molecule has 2 N–H and O–H groups in total. The van der Waals surface area contributed by atoms with Gasteiger partial charge in [0.25, 0.3) is 0 Å². The second-order valence-corrected chi connectivity index (χ2v) is 16.4. The summed E-state index contributed by atoms with van der Waals surface area (Å²) in [6.07, 6.45) is 2.40. The second-order valence-electron chi connectivity index (χ2n) is 11.6. The molecule has 2 amide bonds. The van der Waals surface area contributed by atoms with Gasteiger partial charge in [0.1, 0.15) is 0 Å². The zero-order valence-corrected chi connectivity index (χ0v) is 25.8. The molecule has 1 aromatic rings. The molecule has 0 bridgehead atoms. The number of hydrogen-bond donors (Lipinski definition) is 2. The number of nitrogens with one attached hydrogen (secondary N) is 2. The predicted octanol–water partition coefficient (Wildman–Crippen LogP) is 5.54. The van der Waals surface area contributed by atoms with Crippen LogP contribution in [0.3, 0.4) is 0 Å². The van der Waals surface area contributed by atoms with Crippen molar-refractivity contribution in [2.45, 2.75) is 111 Å². The lowest BCUT2D eigenvalue weighted by Gasteiger charge is -2.36. The molecular formula is C29H48N2O6Si. The molecule has 0 aliphatic rings. The van der Waals surface area contributed by atoms with Crippen molar-refractivity contribution in [2.75, 3.05) is 12.4 Å². The number of methoxy groups -OCH3 is 1. The first-order chi connectivity index (χ1) is 17.6. The van der Waals surface area contributed by atoms with E-state index in [4.69, 9.17) is 4.43 Å². The van der Waals surface area contributed by atoms with Crippen LogP contribution in [0.2, 0.25) is 18.1 Å². The van der Waals surface area contributed by atoms with Gasteiger partial charge in [0.15, 0.2) is 14.1 Å². The van der Waals surface area contributed by atoms with Crippen molar-refractivity contribution in [1.82, 2.24) is 5.32 Å². The van der Waals surface area contributed by atoms with Crippen LogP contribution in [0.5, 0.6) is 0 Å². The minimum Gasteiger partial charge on any atom is -0.469 e. The summed E-state index contributed by atoms with van der Waals surface area (Å²) in [5, 5.41) is 5.75. The monoisotopic (exact) mass is 548 g/mol. The minimum atomic E-state index is -1.91. The zero-order chi connectivity index (χ0) is 29.1. The Bertz CT molecular complexity index is 970. The Hall–Kier alpha value is -2.52. The van der Waals surface area contributed by atoms with Crippen LogP contribution in [-0.4, -0.2) is 45.0 Å². The molecule has 0 saturated heterocycles. The van der Waals surface area contributed by atoms with E-state index in [2.05, 4.69) is 62.2 Å². The number of aryl methyl sites for hydroxylation is 1. The number of carbonyl (C=O) groups excluding carboxylic acids is 4. The molecule has 214 valence electrons. The molecule has 0 aromatic heterocycles. The third-order valence-corrected chi connectivity index (χ3v) is 11.7. The minimum absolute atomic E-state index is 0.0183. The average Bonchev–Trinajstić information content (AvgIpc) is 2.84. The fourth-order valence-electron chi connectivity index (χ4n) is 3.49. The van der Waals surface area contributed by atoms with Crippen LogP contribution in [-0.2, 0) is 41.4 Å². The molecule has 0 unspecified atom stereocenters. The van der Waals surface area contributed by atoms with Crippen molar-refractivity contribution in [3.05, 3.63) is 29.3 Å². The van der Waals surface area contributed by atoms with E-state index >= 15 is 0 Å². The quantitative estimate of drug-likeness (QED) is 0.169. The van der Waals surface area contributed by atoms with Crippen LogP contribution in [0.1, 0.15) is 84.8 Å². The van der Waals surface area contributed by atoms with Gasteiger partial charge in [0, 0.05) is 30.9 Å². The van der Waals surface area contributed by atoms with Crippen molar-refractivity contribution in [1.29, 1.82) is 0 Å². The van der Waals surface area contributed by atoms with Gasteiger partial charge >= 0.3 is 5.97 Å². The van der Waals surface area contributed by atoms with Gasteiger partial charge in [-0.3, -0.25) is 19.2 Å². The van der Waals surface area contributed by atoms with E-state index < -0.39 is 20.3 Å². The Morgan fingerprint density at radius 2 is 1.58 bits per heavy atom. The molecule has 0 fully saturated rings. The molecule has 38 heavy (non-hydrogen) atoms. The maximum absolute atomic E-state index is 12.9. The molecule has 1 rings (SSSR count). The normalized spacial score (nSPS) is 13.4. The summed E-state index contributed by atoms with van der Waals surface area (Å²) in [5.41, 5.74) is 2.80. The topological polar surface area (TPSA) is 111 Å². The number of ketones is 1. The third-order valence-electron chi connectivity index (χ3n) is 7.21. The number of benzene rings is 1. The number of anilines is 1. The summed E-state index contributed by atoms with van der Waals surface area (Å²) >= 11 is 0. The second kappa shape index (κ2) is 15.2. The molecule has 1 aromatic carbocycles. The number of hydrogen-bond acceptors (Lipinski definition) is 6. The number of amides is 2. The maximum Gasteiger partial charge on any atom is 0.305 e. The Balaban J connectivity index is 2.66. The van der Waals surface area contributed by atoms with E-state index in [1.807, 2.05) is 12.1 Å². The molecule has 0 radical (unpaired) electrons. The Labute approximate surface area is 229 Å². The van der Waals surface area contributed by atoms with Gasteiger partial charge in [0.05, 0.1) is 19.8 Å². The van der Waals surface area contributed by atoms with Gasteiger partial charge in [-0.15, -0.1) is 0 Å². The van der Waals surface area contributed by atoms with Crippen molar-refractivity contribution in [3.63, 3.8) is 0 Å². The number of unbranched alkanes of at least 4 members (excludes halogenated alkanes) is 1. The SMILES string of the molecule is CCc1cc(CO[Si](C)(C)C(C)(C)C)cc(NC(=O)[C@H](C)CC(=O)[C@H](C)NC(=O)CCCCC(=O)OC)c1. The summed E-state index contributed by atoms with van der Waals surface area (Å²) in [7, 11) is -0.585. The smallest absolute Gasteiger partial charge is 0.305 e. The fourth-order valence-corrected chi connectivity index (χ4v) is 4.45. The van der Waals surface area contributed by atoms with E-state index in [0.29, 0.717) is 25.1 Å². The van der Waals surface area contributed by atoms with Crippen LogP contribution in [0.25, 0.3) is 0 Å². The highest BCUT2D eigenvalue weighted by molar-refractivity contribution is 6.74. The molecule has 0 aliphatic heterocycles. The van der Waals surface area contributed by atoms with Crippen molar-refractivity contribution in [3.8, 4) is 0 Å². The molecule has 8 nitrogen and oxygen atoms in total. The van der Waals surface area contributed by atoms with Gasteiger partial charge in [-0.2, -0.15) is 0 Å². The first kappa shape index (κ1) is 33.5. The summed E-state index contributed by atoms with van der Waals surface area (Å²) in [6.45, 7) is 16.9. The molecule has 9 heteroatoms. The standard InChI is InChI=1S/C29H48N2O6Si/c1-10-22-16-23(19-37-38(8,9)29(4,5)6)18-24(17-22)31-28(35)20(2)15-25(32)21(3)30-26(33)13-11-12-14-27(34)36-7/h16-18,20-21H,10-15,19H2,1-9H3,(H,30,33)(H,31,35)/t20-,21+/m1/s1. The van der Waals surface area contributed by atoms with Gasteiger partial charge in [-0.05, 0) is 67.6 Å². The van der Waals surface area contributed by atoms with Crippen LogP contribution in [0, 0.1) is 5.92 Å². The van der Waals surface area contributed by atoms with Crippen LogP contribution >= 0.6 is 0 Å². The van der Waals surface area contributed by atoms with Crippen molar-refractivity contribution in [2.24, 2.45) is 5.92 Å². The Kier molecular flexibility index (Phi) is 13.4. The number of ether oxygens (including phenoxy) is 1. The first-order valence-electron chi connectivity index (χ1n) is 13.6. The third kappa shape index (κ3) is 11.5. The van der Waals surface area contributed by atoms with E-state index in [1.165, 1.54) is 7.11 Å². The summed E-state index contributed by atoms with van der Waals surface area (Å²) in [6, 6.07) is 5.30. The maximum atomic E-state index is 12.9. The van der Waals surface area contributed by atoms with E-state index in [0.717, 1.165) is 17.5 Å². The largest absolute Gasteiger partial charge is 0.469 e. The predicted molar refractivity (Wildman–Crippen MR) is 153 cm³/mol. The van der Waals surface area contributed by atoms with Gasteiger partial charge in [0.2, 0.25) is 11.8 Å². The van der Waals surface area contributed by atoms with Crippen molar-refractivity contribution < 1.29 is 28.3 Å². The lowest BCUT2D eigenvalue weighted by atomic mass is 9.99. The summed E-state index contributed by atoms with van der Waals surface area (Å²) < 4.78 is 10.9. The van der Waals surface area contributed by atoms with Gasteiger partial charge < -0.3 is 19.8 Å². The van der Waals surface area contributed by atoms with E-state index in [1.54, 1.807) is 13.8 Å². The number of rotatable bonds is 15. The lowest BCUT2D eigenvalue weighted by molar-refractivity contribution is -0.140. The Morgan fingerprint density at radius 1 is 0.974 bits per heavy atom. The van der Waals surface area contributed by atoms with Crippen LogP contribution in [0.15, 0.2) is 18.2 Å². The fraction of sp³-hybridized carbons (Fsp3) is 0.655. The van der Waals surface area contributed by atoms with Gasteiger partial charge in [-0.1, -0.05) is 40.7 Å². The molecule has 0 spiro atoms. The zero-order valence-electron chi connectivity index (χ0n) is 24.8. The molecule has 0 saturated carbocycles.